The fourth-order valence-electron chi connectivity index (χ4n) is 3.13. The third-order valence-corrected chi connectivity index (χ3v) is 5.22. The Morgan fingerprint density at radius 1 is 1.36 bits per heavy atom. The average molecular weight is 409 g/mol. The van der Waals surface area contributed by atoms with Crippen molar-refractivity contribution in [3.8, 4) is 11.3 Å². The summed E-state index contributed by atoms with van der Waals surface area (Å²) in [5.41, 5.74) is 0.892. The summed E-state index contributed by atoms with van der Waals surface area (Å²) in [5, 5.41) is 4.76. The van der Waals surface area contributed by atoms with Crippen LogP contribution < -0.4 is 5.32 Å². The monoisotopic (exact) mass is 409 g/mol. The number of likely N-dealkylation sites (tertiary alicyclic amines) is 1. The highest BCUT2D eigenvalue weighted by Gasteiger charge is 2.27. The maximum Gasteiger partial charge on any atom is 0.310 e. The summed E-state index contributed by atoms with van der Waals surface area (Å²) in [5.74, 6) is -2.53. The Morgan fingerprint density at radius 3 is 2.93 bits per heavy atom. The number of hydrogen-bond acceptors (Lipinski definition) is 6. The highest BCUT2D eigenvalue weighted by Crippen LogP contribution is 2.26. The van der Waals surface area contributed by atoms with E-state index in [1.165, 1.54) is 17.4 Å². The minimum absolute atomic E-state index is 0.149. The molecule has 0 spiro atoms. The molecule has 6 nitrogen and oxygen atoms in total. The molecule has 28 heavy (non-hydrogen) atoms. The summed E-state index contributed by atoms with van der Waals surface area (Å²) in [6, 6.07) is 3.54. The van der Waals surface area contributed by atoms with Crippen molar-refractivity contribution in [2.75, 3.05) is 31.6 Å². The molecule has 9 heteroatoms. The first-order valence-corrected chi connectivity index (χ1v) is 9.94. The number of rotatable bonds is 6. The maximum absolute atomic E-state index is 13.4. The van der Waals surface area contributed by atoms with Gasteiger partial charge in [0, 0.05) is 17.5 Å². The van der Waals surface area contributed by atoms with Gasteiger partial charge in [-0.2, -0.15) is 0 Å². The van der Waals surface area contributed by atoms with E-state index in [0.29, 0.717) is 29.5 Å². The SMILES string of the molecule is CCOC(=O)[C@@H]1CCCN(CC(=O)Nc2nc(-c3ccc(F)c(F)c3)cs2)C1. The molecule has 3 rings (SSSR count). The van der Waals surface area contributed by atoms with Crippen LogP contribution in [0, 0.1) is 17.6 Å². The molecule has 1 aromatic carbocycles. The predicted octanol–water partition coefficient (Wildman–Crippen LogP) is 3.30. The van der Waals surface area contributed by atoms with Crippen molar-refractivity contribution in [3.63, 3.8) is 0 Å². The van der Waals surface area contributed by atoms with Crippen molar-refractivity contribution < 1.29 is 23.1 Å². The van der Waals surface area contributed by atoms with Gasteiger partial charge in [0.15, 0.2) is 16.8 Å². The molecular weight excluding hydrogens is 388 g/mol. The van der Waals surface area contributed by atoms with Crippen molar-refractivity contribution >= 4 is 28.3 Å². The number of esters is 1. The molecule has 150 valence electrons. The van der Waals surface area contributed by atoms with Crippen molar-refractivity contribution in [2.24, 2.45) is 5.92 Å². The molecular formula is C19H21F2N3O3S. The average Bonchev–Trinajstić information content (AvgIpc) is 3.12. The summed E-state index contributed by atoms with van der Waals surface area (Å²) in [6.07, 6.45) is 1.59. The molecule has 1 amide bonds. The van der Waals surface area contributed by atoms with Crippen LogP contribution in [0.15, 0.2) is 23.6 Å². The third kappa shape index (κ3) is 5.11. The number of ether oxygens (including phenoxy) is 1. The number of aromatic nitrogens is 1. The van der Waals surface area contributed by atoms with E-state index in [4.69, 9.17) is 4.74 Å². The summed E-state index contributed by atoms with van der Waals surface area (Å²) in [7, 11) is 0. The van der Waals surface area contributed by atoms with Crippen LogP contribution >= 0.6 is 11.3 Å². The number of carbonyl (C=O) groups excluding carboxylic acids is 2. The van der Waals surface area contributed by atoms with E-state index >= 15 is 0 Å². The molecule has 0 radical (unpaired) electrons. The highest BCUT2D eigenvalue weighted by atomic mass is 32.1. The molecule has 1 aliphatic rings. The van der Waals surface area contributed by atoms with Gasteiger partial charge in [-0.1, -0.05) is 0 Å². The van der Waals surface area contributed by atoms with Gasteiger partial charge in [-0.05, 0) is 44.5 Å². The first-order chi connectivity index (χ1) is 13.5. The molecule has 1 fully saturated rings. The van der Waals surface area contributed by atoms with Gasteiger partial charge < -0.3 is 10.1 Å². The first kappa shape index (κ1) is 20.3. The maximum atomic E-state index is 13.4. The molecule has 1 aromatic heterocycles. The molecule has 0 unspecified atom stereocenters. The lowest BCUT2D eigenvalue weighted by atomic mass is 9.98. The van der Waals surface area contributed by atoms with E-state index in [1.807, 2.05) is 4.90 Å². The lowest BCUT2D eigenvalue weighted by Gasteiger charge is -2.30. The fraction of sp³-hybridized carbons (Fsp3) is 0.421. The summed E-state index contributed by atoms with van der Waals surface area (Å²) < 4.78 is 31.5. The molecule has 2 aromatic rings. The second-order valence-electron chi connectivity index (χ2n) is 6.54. The summed E-state index contributed by atoms with van der Waals surface area (Å²) in [6.45, 7) is 3.50. The van der Waals surface area contributed by atoms with Crippen LogP contribution in [0.1, 0.15) is 19.8 Å². The molecule has 2 heterocycles. The number of piperidine rings is 1. The second kappa shape index (κ2) is 9.20. The van der Waals surface area contributed by atoms with Crippen LogP contribution in [0.3, 0.4) is 0 Å². The topological polar surface area (TPSA) is 71.5 Å². The van der Waals surface area contributed by atoms with Crippen molar-refractivity contribution in [3.05, 3.63) is 35.2 Å². The van der Waals surface area contributed by atoms with Gasteiger partial charge in [0.05, 0.1) is 24.8 Å². The molecule has 0 aliphatic carbocycles. The minimum Gasteiger partial charge on any atom is -0.466 e. The second-order valence-corrected chi connectivity index (χ2v) is 7.40. The van der Waals surface area contributed by atoms with Gasteiger partial charge in [-0.25, -0.2) is 13.8 Å². The molecule has 0 bridgehead atoms. The number of nitrogens with zero attached hydrogens (tertiary/aromatic N) is 2. The zero-order valence-corrected chi connectivity index (χ0v) is 16.2. The van der Waals surface area contributed by atoms with Gasteiger partial charge in [-0.3, -0.25) is 14.5 Å². The minimum atomic E-state index is -0.947. The van der Waals surface area contributed by atoms with Gasteiger partial charge in [0.2, 0.25) is 5.91 Å². The Hall–Kier alpha value is -2.39. The van der Waals surface area contributed by atoms with Crippen LogP contribution in [-0.2, 0) is 14.3 Å². The molecule has 1 atom stereocenters. The van der Waals surface area contributed by atoms with E-state index in [9.17, 15) is 18.4 Å². The molecule has 1 N–H and O–H groups in total. The Labute approximate surface area is 165 Å². The zero-order valence-electron chi connectivity index (χ0n) is 15.4. The number of nitrogens with one attached hydrogen (secondary N) is 1. The predicted molar refractivity (Wildman–Crippen MR) is 102 cm³/mol. The van der Waals surface area contributed by atoms with Gasteiger partial charge in [-0.15, -0.1) is 11.3 Å². The number of hydrogen-bond donors (Lipinski definition) is 1. The fourth-order valence-corrected chi connectivity index (χ4v) is 3.87. The summed E-state index contributed by atoms with van der Waals surface area (Å²) >= 11 is 1.20. The number of benzene rings is 1. The van der Waals surface area contributed by atoms with Crippen molar-refractivity contribution in [1.29, 1.82) is 0 Å². The van der Waals surface area contributed by atoms with Gasteiger partial charge in [0.25, 0.3) is 0 Å². The standard InChI is InChI=1S/C19H21F2N3O3S/c1-2-27-18(26)13-4-3-7-24(9-13)10-17(25)23-19-22-16(11-28-19)12-5-6-14(20)15(21)8-12/h5-6,8,11,13H,2-4,7,9-10H2,1H3,(H,22,23,25)/t13-/m1/s1. The van der Waals surface area contributed by atoms with Crippen LogP contribution in [0.5, 0.6) is 0 Å². The van der Waals surface area contributed by atoms with E-state index < -0.39 is 11.6 Å². The van der Waals surface area contributed by atoms with Crippen molar-refractivity contribution in [1.82, 2.24) is 9.88 Å². The lowest BCUT2D eigenvalue weighted by Crippen LogP contribution is -2.43. The number of amides is 1. The van der Waals surface area contributed by atoms with E-state index in [-0.39, 0.29) is 24.3 Å². The van der Waals surface area contributed by atoms with Gasteiger partial charge >= 0.3 is 5.97 Å². The lowest BCUT2D eigenvalue weighted by molar-refractivity contribution is -0.150. The van der Waals surface area contributed by atoms with Gasteiger partial charge in [0.1, 0.15) is 0 Å². The van der Waals surface area contributed by atoms with Crippen LogP contribution in [0.2, 0.25) is 0 Å². The molecule has 1 saturated heterocycles. The number of halogens is 2. The van der Waals surface area contributed by atoms with E-state index in [1.54, 1.807) is 12.3 Å². The van der Waals surface area contributed by atoms with Crippen LogP contribution in [0.25, 0.3) is 11.3 Å². The Bertz CT molecular complexity index is 859. The smallest absolute Gasteiger partial charge is 0.310 e. The van der Waals surface area contributed by atoms with E-state index in [2.05, 4.69) is 10.3 Å². The quantitative estimate of drug-likeness (QED) is 0.742. The number of thiazole rings is 1. The highest BCUT2D eigenvalue weighted by molar-refractivity contribution is 7.14. The summed E-state index contributed by atoms with van der Waals surface area (Å²) in [4.78, 5) is 30.4. The van der Waals surface area contributed by atoms with Crippen molar-refractivity contribution in [2.45, 2.75) is 19.8 Å². The Kier molecular flexibility index (Phi) is 6.69. The number of anilines is 1. The van der Waals surface area contributed by atoms with Crippen LogP contribution in [0.4, 0.5) is 13.9 Å². The largest absolute Gasteiger partial charge is 0.466 e. The first-order valence-electron chi connectivity index (χ1n) is 9.06. The Balaban J connectivity index is 1.56. The molecule has 0 saturated carbocycles. The molecule has 1 aliphatic heterocycles. The third-order valence-electron chi connectivity index (χ3n) is 4.46. The Morgan fingerprint density at radius 2 is 2.18 bits per heavy atom. The van der Waals surface area contributed by atoms with Crippen LogP contribution in [-0.4, -0.2) is 48.0 Å². The number of carbonyl (C=O) groups is 2. The van der Waals surface area contributed by atoms with E-state index in [0.717, 1.165) is 31.5 Å². The zero-order chi connectivity index (χ0) is 20.1. The normalized spacial score (nSPS) is 17.3.